The summed E-state index contributed by atoms with van der Waals surface area (Å²) in [5, 5.41) is 0. The zero-order chi connectivity index (χ0) is 42.9. The van der Waals surface area contributed by atoms with Crippen LogP contribution in [0.4, 0.5) is 0 Å². The number of hydrogen-bond acceptors (Lipinski definition) is 5. The first-order valence-electron chi connectivity index (χ1n) is 24.0. The summed E-state index contributed by atoms with van der Waals surface area (Å²) in [4.78, 5) is 49.2. The number of aromatic nitrogens is 2. The van der Waals surface area contributed by atoms with E-state index in [1.165, 1.54) is 24.8 Å². The smallest absolute Gasteiger partial charge is 0.309 e. The number of carbonyl (C=O) groups is 3. The molecule has 0 N–H and O–H groups in total. The van der Waals surface area contributed by atoms with Gasteiger partial charge in [0.1, 0.15) is 17.7 Å². The Morgan fingerprint density at radius 2 is 1.52 bits per heavy atom. The molecule has 6 saturated carbocycles. The van der Waals surface area contributed by atoms with Crippen molar-refractivity contribution in [3.63, 3.8) is 0 Å². The maximum Gasteiger partial charge on any atom is 0.309 e. The molecule has 0 spiro atoms. The third kappa shape index (κ3) is 5.77. The Morgan fingerprint density at radius 1 is 0.783 bits per heavy atom. The molecule has 9 rings (SSSR count). The van der Waals surface area contributed by atoms with Crippen molar-refractivity contribution in [3.05, 3.63) is 54.5 Å². The van der Waals surface area contributed by atoms with E-state index in [1.807, 2.05) is 6.07 Å². The molecule has 326 valence electrons. The average Bonchev–Trinajstić information content (AvgIpc) is 3.93. The number of aryl methyl sites for hydroxylation is 1. The van der Waals surface area contributed by atoms with Crippen LogP contribution in [0.25, 0.3) is 11.3 Å². The van der Waals surface area contributed by atoms with Crippen LogP contribution in [-0.4, -0.2) is 44.8 Å². The lowest BCUT2D eigenvalue weighted by Crippen LogP contribution is -2.67. The molecule has 7 nitrogen and oxygen atoms in total. The summed E-state index contributed by atoms with van der Waals surface area (Å²) in [6.45, 7) is 26.2. The van der Waals surface area contributed by atoms with Crippen LogP contribution in [0.1, 0.15) is 158 Å². The van der Waals surface area contributed by atoms with Crippen molar-refractivity contribution in [2.45, 2.75) is 158 Å². The maximum absolute atomic E-state index is 15.7. The van der Waals surface area contributed by atoms with E-state index in [2.05, 4.69) is 109 Å². The quantitative estimate of drug-likeness (QED) is 0.205. The standard InChI is InChI=1S/C53H75N3O4/c1-32(2)35-21-26-53(47(59)56-29-15-18-40(56)45-54-39(31-55(45)11)34-16-13-12-14-17-34)28-27-51(9)36(44(35)53)19-20-42-50(8)24-23-43(49(6,7)41(50)22-25-52(42,51)10)60-46(58)38-30-37(33(3)57)48(38,4)5/h12-14,16-17,31,35-38,40-44H,1,15,18-30H2,2-11H3/t35-,36+,37-,38+,40-,41-,42+,43-,44+,50-,51+,52+,53-/m0/s1. The van der Waals surface area contributed by atoms with E-state index in [1.54, 1.807) is 6.92 Å². The highest BCUT2D eigenvalue weighted by Crippen LogP contribution is 2.78. The van der Waals surface area contributed by atoms with Crippen molar-refractivity contribution in [2.75, 3.05) is 6.54 Å². The number of esters is 1. The lowest BCUT2D eigenvalue weighted by Gasteiger charge is -2.73. The molecule has 13 atom stereocenters. The van der Waals surface area contributed by atoms with Gasteiger partial charge in [-0.05, 0) is 149 Å². The number of fused-ring (bicyclic) bond motifs is 7. The number of nitrogens with zero attached hydrogens (tertiary/aromatic N) is 3. The monoisotopic (exact) mass is 818 g/mol. The van der Waals surface area contributed by atoms with E-state index >= 15 is 4.79 Å². The third-order valence-corrected chi connectivity index (χ3v) is 20.5. The predicted octanol–water partition coefficient (Wildman–Crippen LogP) is 11.6. The maximum atomic E-state index is 15.7. The molecule has 7 fully saturated rings. The fourth-order valence-corrected chi connectivity index (χ4v) is 17.0. The number of rotatable bonds is 7. The Labute approximate surface area is 361 Å². The Hall–Kier alpha value is -3.22. The fraction of sp³-hybridized carbons (Fsp3) is 0.736. The summed E-state index contributed by atoms with van der Waals surface area (Å²) in [6.07, 6.45) is 15.5. The molecule has 1 aromatic carbocycles. The summed E-state index contributed by atoms with van der Waals surface area (Å²) < 4.78 is 8.73. The second-order valence-corrected chi connectivity index (χ2v) is 23.5. The first kappa shape index (κ1) is 42.1. The molecule has 7 heteroatoms. The molecule has 1 aromatic heterocycles. The van der Waals surface area contributed by atoms with Gasteiger partial charge in [-0.15, -0.1) is 0 Å². The number of amides is 1. The van der Waals surface area contributed by atoms with E-state index in [4.69, 9.17) is 9.72 Å². The van der Waals surface area contributed by atoms with Crippen molar-refractivity contribution in [2.24, 2.45) is 81.0 Å². The second kappa shape index (κ2) is 14.1. The number of ether oxygens (including phenoxy) is 1. The van der Waals surface area contributed by atoms with Crippen LogP contribution in [0.3, 0.4) is 0 Å². The number of hydrogen-bond donors (Lipinski definition) is 0. The number of likely N-dealkylation sites (tertiary alicyclic amines) is 1. The Morgan fingerprint density at radius 3 is 2.20 bits per heavy atom. The molecule has 7 aliphatic rings. The molecule has 1 aliphatic heterocycles. The lowest BCUT2D eigenvalue weighted by molar-refractivity contribution is -0.251. The summed E-state index contributed by atoms with van der Waals surface area (Å²) >= 11 is 0. The van der Waals surface area contributed by atoms with Crippen molar-refractivity contribution in [3.8, 4) is 11.3 Å². The lowest BCUT2D eigenvalue weighted by atomic mass is 9.32. The fourth-order valence-electron chi connectivity index (χ4n) is 17.0. The number of carbonyl (C=O) groups excluding carboxylic acids is 3. The summed E-state index contributed by atoms with van der Waals surface area (Å²) in [5.41, 5.74) is 2.98. The van der Waals surface area contributed by atoms with E-state index in [0.717, 1.165) is 81.4 Å². The van der Waals surface area contributed by atoms with E-state index in [-0.39, 0.29) is 68.2 Å². The van der Waals surface area contributed by atoms with Crippen molar-refractivity contribution < 1.29 is 19.1 Å². The number of imidazole rings is 1. The topological polar surface area (TPSA) is 81.5 Å². The molecular formula is C53H75N3O4. The van der Waals surface area contributed by atoms with Gasteiger partial charge in [-0.1, -0.05) is 91.0 Å². The summed E-state index contributed by atoms with van der Waals surface area (Å²) in [5.74, 6) is 3.48. The highest BCUT2D eigenvalue weighted by molar-refractivity contribution is 5.85. The van der Waals surface area contributed by atoms with Gasteiger partial charge >= 0.3 is 5.97 Å². The first-order valence-corrected chi connectivity index (χ1v) is 24.0. The normalized spacial score (nSPS) is 42.5. The minimum Gasteiger partial charge on any atom is -0.462 e. The third-order valence-electron chi connectivity index (χ3n) is 20.5. The van der Waals surface area contributed by atoms with Gasteiger partial charge in [0.25, 0.3) is 0 Å². The zero-order valence-corrected chi connectivity index (χ0v) is 38.7. The molecular weight excluding hydrogens is 743 g/mol. The van der Waals surface area contributed by atoms with Crippen LogP contribution < -0.4 is 0 Å². The predicted molar refractivity (Wildman–Crippen MR) is 237 cm³/mol. The molecule has 1 saturated heterocycles. The second-order valence-electron chi connectivity index (χ2n) is 23.5. The van der Waals surface area contributed by atoms with E-state index < -0.39 is 0 Å². The largest absolute Gasteiger partial charge is 0.462 e. The zero-order valence-electron chi connectivity index (χ0n) is 38.7. The number of ketones is 1. The van der Waals surface area contributed by atoms with Crippen LogP contribution in [0, 0.1) is 73.9 Å². The summed E-state index contributed by atoms with van der Waals surface area (Å²) in [7, 11) is 2.10. The van der Waals surface area contributed by atoms with E-state index in [9.17, 15) is 9.59 Å². The van der Waals surface area contributed by atoms with Crippen molar-refractivity contribution in [1.82, 2.24) is 14.5 Å². The van der Waals surface area contributed by atoms with Gasteiger partial charge < -0.3 is 14.2 Å². The summed E-state index contributed by atoms with van der Waals surface area (Å²) in [6, 6.07) is 10.4. The van der Waals surface area contributed by atoms with Crippen LogP contribution in [0.5, 0.6) is 0 Å². The number of benzene rings is 1. The van der Waals surface area contributed by atoms with Crippen LogP contribution in [0.15, 0.2) is 48.7 Å². The average molecular weight is 818 g/mol. The van der Waals surface area contributed by atoms with Crippen molar-refractivity contribution in [1.29, 1.82) is 0 Å². The molecule has 0 unspecified atom stereocenters. The number of Topliss-reactive ketones (excluding diaryl/α,β-unsaturated/α-hetero) is 1. The molecule has 0 bridgehead atoms. The van der Waals surface area contributed by atoms with Gasteiger partial charge in [-0.2, -0.15) is 0 Å². The van der Waals surface area contributed by atoms with Gasteiger partial charge in [-0.25, -0.2) is 4.98 Å². The van der Waals surface area contributed by atoms with Gasteiger partial charge in [0, 0.05) is 36.7 Å². The minimum atomic E-state index is -0.350. The molecule has 0 radical (unpaired) electrons. The molecule has 60 heavy (non-hydrogen) atoms. The SMILES string of the molecule is C=C(C)[C@@H]1CC[C@]2(C(=O)N3CCC[C@H]3c3nc(-c4ccccc4)cn3C)CC[C@]3(C)[C@H](CC[C@@H]4[C@@]5(C)CC[C@H](OC(=O)[C@H]6C[C@@H](C(C)=O)C6(C)C)C(C)(C)[C@@H]5CC[C@]43C)[C@@H]12. The molecule has 6 aliphatic carbocycles. The Kier molecular flexibility index (Phi) is 9.93. The first-order chi connectivity index (χ1) is 28.2. The van der Waals surface area contributed by atoms with E-state index in [0.29, 0.717) is 41.9 Å². The van der Waals surface area contributed by atoms with Crippen LogP contribution in [-0.2, 0) is 26.2 Å². The minimum absolute atomic E-state index is 0.00563. The van der Waals surface area contributed by atoms with Gasteiger partial charge in [0.05, 0.1) is 23.1 Å². The number of allylic oxidation sites excluding steroid dienone is 1. The van der Waals surface area contributed by atoms with Gasteiger partial charge in [0.2, 0.25) is 5.91 Å². The molecule has 2 heterocycles. The highest BCUT2D eigenvalue weighted by Gasteiger charge is 2.72. The Balaban J connectivity index is 0.975. The van der Waals surface area contributed by atoms with Gasteiger partial charge in [-0.3, -0.25) is 14.4 Å². The molecule has 1 amide bonds. The van der Waals surface area contributed by atoms with Crippen molar-refractivity contribution >= 4 is 17.7 Å². The van der Waals surface area contributed by atoms with Crippen LogP contribution >= 0.6 is 0 Å². The highest BCUT2D eigenvalue weighted by atomic mass is 16.5. The molecule has 2 aromatic rings. The Bertz CT molecular complexity index is 2070. The van der Waals surface area contributed by atoms with Gasteiger partial charge in [0.15, 0.2) is 0 Å². The van der Waals surface area contributed by atoms with Crippen LogP contribution in [0.2, 0.25) is 0 Å².